The minimum atomic E-state index is -0.903. The van der Waals surface area contributed by atoms with Crippen LogP contribution in [0.15, 0.2) is 12.2 Å². The molecule has 0 amide bonds. The van der Waals surface area contributed by atoms with E-state index in [1.807, 2.05) is 0 Å². The van der Waals surface area contributed by atoms with Crippen molar-refractivity contribution >= 4 is 6.29 Å². The second-order valence-corrected chi connectivity index (χ2v) is 1.27. The summed E-state index contributed by atoms with van der Waals surface area (Å²) in [4.78, 5) is 9.55. The zero-order valence-corrected chi connectivity index (χ0v) is 4.32. The molecule has 8 heavy (non-hydrogen) atoms. The van der Waals surface area contributed by atoms with Crippen molar-refractivity contribution in [2.75, 3.05) is 6.61 Å². The Morgan fingerprint density at radius 1 is 1.62 bits per heavy atom. The van der Waals surface area contributed by atoms with E-state index in [9.17, 15) is 4.79 Å². The van der Waals surface area contributed by atoms with Crippen molar-refractivity contribution in [3.05, 3.63) is 12.2 Å². The van der Waals surface area contributed by atoms with Gasteiger partial charge < -0.3 is 10.2 Å². The fraction of sp³-hybridized carbons (Fsp3) is 0.400. The summed E-state index contributed by atoms with van der Waals surface area (Å²) in [5.41, 5.74) is 0. The number of aliphatic hydroxyl groups is 2. The Bertz CT molecular complexity index is 87.7. The van der Waals surface area contributed by atoms with Crippen molar-refractivity contribution in [1.82, 2.24) is 0 Å². The summed E-state index contributed by atoms with van der Waals surface area (Å²) in [6.45, 7) is -0.343. The fourth-order valence-corrected chi connectivity index (χ4v) is 0.234. The molecular weight excluding hydrogens is 108 g/mol. The summed E-state index contributed by atoms with van der Waals surface area (Å²) in [6.07, 6.45) is 1.99. The lowest BCUT2D eigenvalue weighted by Gasteiger charge is -1.94. The summed E-state index contributed by atoms with van der Waals surface area (Å²) >= 11 is 0. The highest BCUT2D eigenvalue weighted by Crippen LogP contribution is 1.79. The minimum Gasteiger partial charge on any atom is -0.393 e. The van der Waals surface area contributed by atoms with Gasteiger partial charge in [-0.05, 0) is 6.08 Å². The van der Waals surface area contributed by atoms with Gasteiger partial charge >= 0.3 is 0 Å². The average Bonchev–Trinajstić information content (AvgIpc) is 1.83. The SMILES string of the molecule is O=CC=CC(O)CO. The van der Waals surface area contributed by atoms with Crippen LogP contribution in [0.5, 0.6) is 0 Å². The third kappa shape index (κ3) is 3.52. The largest absolute Gasteiger partial charge is 0.393 e. The van der Waals surface area contributed by atoms with Crippen molar-refractivity contribution in [3.8, 4) is 0 Å². The molecule has 0 aromatic heterocycles. The van der Waals surface area contributed by atoms with Crippen LogP contribution < -0.4 is 0 Å². The van der Waals surface area contributed by atoms with Crippen LogP contribution in [-0.4, -0.2) is 29.2 Å². The molecule has 0 radical (unpaired) electrons. The maximum atomic E-state index is 9.55. The molecule has 2 N–H and O–H groups in total. The molecule has 0 aliphatic heterocycles. The highest BCUT2D eigenvalue weighted by atomic mass is 16.3. The van der Waals surface area contributed by atoms with Crippen LogP contribution in [0.2, 0.25) is 0 Å². The Hall–Kier alpha value is -0.670. The Balaban J connectivity index is 3.35. The lowest BCUT2D eigenvalue weighted by atomic mass is 10.3. The number of allylic oxidation sites excluding steroid dienone is 1. The van der Waals surface area contributed by atoms with E-state index >= 15 is 0 Å². The molecule has 3 heteroatoms. The Kier molecular flexibility index (Phi) is 4.11. The molecular formula is C5H8O3. The third-order valence-corrected chi connectivity index (χ3v) is 0.599. The van der Waals surface area contributed by atoms with Gasteiger partial charge in [-0.2, -0.15) is 0 Å². The molecule has 3 nitrogen and oxygen atoms in total. The molecule has 0 fully saturated rings. The van der Waals surface area contributed by atoms with Gasteiger partial charge in [0.2, 0.25) is 0 Å². The Morgan fingerprint density at radius 3 is 2.62 bits per heavy atom. The topological polar surface area (TPSA) is 57.5 Å². The minimum absolute atomic E-state index is 0.343. The molecule has 0 aliphatic carbocycles. The normalized spacial score (nSPS) is 14.2. The van der Waals surface area contributed by atoms with E-state index in [0.717, 1.165) is 6.08 Å². The smallest absolute Gasteiger partial charge is 0.142 e. The van der Waals surface area contributed by atoms with Crippen LogP contribution in [0.1, 0.15) is 0 Å². The molecule has 1 unspecified atom stereocenters. The number of hydrogen-bond donors (Lipinski definition) is 2. The predicted molar refractivity (Wildman–Crippen MR) is 28.3 cm³/mol. The third-order valence-electron chi connectivity index (χ3n) is 0.599. The van der Waals surface area contributed by atoms with Gasteiger partial charge in [-0.15, -0.1) is 0 Å². The van der Waals surface area contributed by atoms with E-state index < -0.39 is 6.10 Å². The predicted octanol–water partition coefficient (Wildman–Crippen LogP) is -0.905. The van der Waals surface area contributed by atoms with Crippen LogP contribution >= 0.6 is 0 Å². The summed E-state index contributed by atoms with van der Waals surface area (Å²) < 4.78 is 0. The van der Waals surface area contributed by atoms with E-state index in [4.69, 9.17) is 10.2 Å². The van der Waals surface area contributed by atoms with Gasteiger partial charge in [0.1, 0.15) is 6.29 Å². The zero-order chi connectivity index (χ0) is 6.41. The summed E-state index contributed by atoms with van der Waals surface area (Å²) in [5.74, 6) is 0. The summed E-state index contributed by atoms with van der Waals surface area (Å²) in [7, 11) is 0. The van der Waals surface area contributed by atoms with Crippen LogP contribution in [-0.2, 0) is 4.79 Å². The van der Waals surface area contributed by atoms with E-state index in [2.05, 4.69) is 0 Å². The first-order valence-electron chi connectivity index (χ1n) is 2.22. The maximum absolute atomic E-state index is 9.55. The van der Waals surface area contributed by atoms with Crippen molar-refractivity contribution in [1.29, 1.82) is 0 Å². The molecule has 46 valence electrons. The van der Waals surface area contributed by atoms with Crippen molar-refractivity contribution in [2.24, 2.45) is 0 Å². The number of aliphatic hydroxyl groups excluding tert-OH is 2. The molecule has 0 aromatic carbocycles. The van der Waals surface area contributed by atoms with Crippen molar-refractivity contribution in [2.45, 2.75) is 6.10 Å². The molecule has 0 aliphatic rings. The van der Waals surface area contributed by atoms with E-state index in [-0.39, 0.29) is 6.61 Å². The van der Waals surface area contributed by atoms with Crippen LogP contribution in [0.25, 0.3) is 0 Å². The van der Waals surface area contributed by atoms with Gasteiger partial charge in [-0.3, -0.25) is 4.79 Å². The lowest BCUT2D eigenvalue weighted by Crippen LogP contribution is -2.06. The van der Waals surface area contributed by atoms with Gasteiger partial charge in [0.05, 0.1) is 12.7 Å². The average molecular weight is 116 g/mol. The fourth-order valence-electron chi connectivity index (χ4n) is 0.234. The van der Waals surface area contributed by atoms with E-state index in [1.54, 1.807) is 0 Å². The molecule has 0 saturated carbocycles. The summed E-state index contributed by atoms with van der Waals surface area (Å²) in [5, 5.41) is 16.6. The Morgan fingerprint density at radius 2 is 2.25 bits per heavy atom. The molecule has 0 spiro atoms. The number of carbonyl (C=O) groups excluding carboxylic acids is 1. The van der Waals surface area contributed by atoms with Crippen LogP contribution in [0.3, 0.4) is 0 Å². The number of hydrogen-bond acceptors (Lipinski definition) is 3. The number of carbonyl (C=O) groups is 1. The number of aldehydes is 1. The monoisotopic (exact) mass is 116 g/mol. The first-order chi connectivity index (χ1) is 3.81. The van der Waals surface area contributed by atoms with Gasteiger partial charge in [0, 0.05) is 0 Å². The molecule has 0 aromatic rings. The second-order valence-electron chi connectivity index (χ2n) is 1.27. The second kappa shape index (κ2) is 4.49. The van der Waals surface area contributed by atoms with Crippen LogP contribution in [0.4, 0.5) is 0 Å². The number of rotatable bonds is 3. The van der Waals surface area contributed by atoms with Crippen molar-refractivity contribution in [3.63, 3.8) is 0 Å². The maximum Gasteiger partial charge on any atom is 0.142 e. The Labute approximate surface area is 47.3 Å². The quantitative estimate of drug-likeness (QED) is 0.371. The standard InChI is InChI=1S/C5H8O3/c6-3-1-2-5(8)4-7/h1-3,5,7-8H,4H2. The molecule has 0 heterocycles. The first-order valence-corrected chi connectivity index (χ1v) is 2.22. The first kappa shape index (κ1) is 7.33. The van der Waals surface area contributed by atoms with Crippen LogP contribution in [0, 0.1) is 0 Å². The van der Waals surface area contributed by atoms with Gasteiger partial charge in [0.15, 0.2) is 0 Å². The molecule has 0 rings (SSSR count). The zero-order valence-electron chi connectivity index (χ0n) is 4.32. The molecule has 0 saturated heterocycles. The highest BCUT2D eigenvalue weighted by molar-refractivity contribution is 5.64. The van der Waals surface area contributed by atoms with E-state index in [1.165, 1.54) is 6.08 Å². The van der Waals surface area contributed by atoms with Gasteiger partial charge in [0.25, 0.3) is 0 Å². The van der Waals surface area contributed by atoms with Crippen molar-refractivity contribution < 1.29 is 15.0 Å². The van der Waals surface area contributed by atoms with Gasteiger partial charge in [-0.1, -0.05) is 6.08 Å². The lowest BCUT2D eigenvalue weighted by molar-refractivity contribution is -0.104. The summed E-state index contributed by atoms with van der Waals surface area (Å²) in [6, 6.07) is 0. The molecule has 0 bridgehead atoms. The highest BCUT2D eigenvalue weighted by Gasteiger charge is 1.90. The van der Waals surface area contributed by atoms with Gasteiger partial charge in [-0.25, -0.2) is 0 Å². The molecule has 1 atom stereocenters. The van der Waals surface area contributed by atoms with E-state index in [0.29, 0.717) is 6.29 Å².